The molecule has 0 unspecified atom stereocenters. The fourth-order valence-electron chi connectivity index (χ4n) is 1.04. The predicted octanol–water partition coefficient (Wildman–Crippen LogP) is 2.27. The van der Waals surface area contributed by atoms with Gasteiger partial charge < -0.3 is 9.84 Å². The van der Waals surface area contributed by atoms with E-state index in [4.69, 9.17) is 4.74 Å². The normalized spacial score (nSPS) is 9.57. The molecule has 2 N–H and O–H groups in total. The monoisotopic (exact) mass is 195 g/mol. The second kappa shape index (κ2) is 4.50. The van der Waals surface area contributed by atoms with E-state index in [1.54, 1.807) is 32.0 Å². The number of nitrogens with one attached hydrogen (secondary N) is 1. The lowest BCUT2D eigenvalue weighted by Gasteiger charge is -2.08. The van der Waals surface area contributed by atoms with Crippen LogP contribution in [-0.2, 0) is 4.74 Å². The van der Waals surface area contributed by atoms with Gasteiger partial charge >= 0.3 is 6.09 Å². The van der Waals surface area contributed by atoms with Crippen LogP contribution in [0, 0.1) is 6.92 Å². The number of ether oxygens (including phenoxy) is 1. The third-order valence-electron chi connectivity index (χ3n) is 1.82. The van der Waals surface area contributed by atoms with Crippen LogP contribution in [0.25, 0.3) is 0 Å². The zero-order valence-corrected chi connectivity index (χ0v) is 8.20. The molecule has 0 spiro atoms. The topological polar surface area (TPSA) is 58.6 Å². The van der Waals surface area contributed by atoms with Gasteiger partial charge in [0.2, 0.25) is 0 Å². The molecular weight excluding hydrogens is 182 g/mol. The van der Waals surface area contributed by atoms with Crippen molar-refractivity contribution < 1.29 is 14.6 Å². The Hall–Kier alpha value is -1.71. The van der Waals surface area contributed by atoms with Crippen molar-refractivity contribution in [1.82, 2.24) is 0 Å². The van der Waals surface area contributed by atoms with Crippen molar-refractivity contribution >= 4 is 11.8 Å². The fraction of sp³-hybridized carbons (Fsp3) is 0.300. The summed E-state index contributed by atoms with van der Waals surface area (Å²) in [6.07, 6.45) is -0.513. The van der Waals surface area contributed by atoms with Gasteiger partial charge in [-0.2, -0.15) is 0 Å². The standard InChI is InChI=1S/C10H13NO3/c1-3-14-10(13)11-8-5-4-6-9(12)7(8)2/h4-6,12H,3H2,1-2H3,(H,11,13). The van der Waals surface area contributed by atoms with Gasteiger partial charge in [-0.05, 0) is 26.0 Å². The van der Waals surface area contributed by atoms with E-state index in [1.807, 2.05) is 0 Å². The van der Waals surface area contributed by atoms with Gasteiger partial charge in [-0.3, -0.25) is 5.32 Å². The van der Waals surface area contributed by atoms with Crippen LogP contribution in [0.3, 0.4) is 0 Å². The Morgan fingerprint density at radius 2 is 2.29 bits per heavy atom. The van der Waals surface area contributed by atoms with Crippen molar-refractivity contribution in [3.8, 4) is 5.75 Å². The second-order valence-corrected chi connectivity index (χ2v) is 2.80. The highest BCUT2D eigenvalue weighted by Gasteiger charge is 2.06. The third kappa shape index (κ3) is 2.39. The Bertz CT molecular complexity index is 336. The highest BCUT2D eigenvalue weighted by Crippen LogP contribution is 2.23. The van der Waals surface area contributed by atoms with E-state index in [9.17, 15) is 9.90 Å². The first kappa shape index (κ1) is 10.4. The summed E-state index contributed by atoms with van der Waals surface area (Å²) < 4.78 is 4.71. The number of carbonyl (C=O) groups is 1. The minimum Gasteiger partial charge on any atom is -0.508 e. The summed E-state index contributed by atoms with van der Waals surface area (Å²) in [7, 11) is 0. The Labute approximate surface area is 82.5 Å². The summed E-state index contributed by atoms with van der Waals surface area (Å²) in [5.74, 6) is 0.152. The van der Waals surface area contributed by atoms with Crippen LogP contribution < -0.4 is 5.32 Å². The highest BCUT2D eigenvalue weighted by atomic mass is 16.5. The molecule has 0 radical (unpaired) electrons. The number of carbonyl (C=O) groups excluding carboxylic acids is 1. The smallest absolute Gasteiger partial charge is 0.411 e. The molecule has 1 aromatic carbocycles. The van der Waals surface area contributed by atoms with Gasteiger partial charge in [0.25, 0.3) is 0 Å². The van der Waals surface area contributed by atoms with E-state index >= 15 is 0 Å². The maximum absolute atomic E-state index is 11.1. The van der Waals surface area contributed by atoms with Gasteiger partial charge in [-0.1, -0.05) is 6.07 Å². The Morgan fingerprint density at radius 3 is 2.93 bits per heavy atom. The van der Waals surface area contributed by atoms with Crippen molar-refractivity contribution in [3.05, 3.63) is 23.8 Å². The van der Waals surface area contributed by atoms with Crippen molar-refractivity contribution in [3.63, 3.8) is 0 Å². The maximum atomic E-state index is 11.1. The minimum absolute atomic E-state index is 0.152. The van der Waals surface area contributed by atoms with Crippen LogP contribution in [0.1, 0.15) is 12.5 Å². The Balaban J connectivity index is 2.76. The van der Waals surface area contributed by atoms with Crippen LogP contribution in [-0.4, -0.2) is 17.8 Å². The number of benzene rings is 1. The van der Waals surface area contributed by atoms with Gasteiger partial charge in [0, 0.05) is 5.56 Å². The van der Waals surface area contributed by atoms with Crippen molar-refractivity contribution in [2.75, 3.05) is 11.9 Å². The van der Waals surface area contributed by atoms with Crippen LogP contribution in [0.2, 0.25) is 0 Å². The van der Waals surface area contributed by atoms with Crippen LogP contribution in [0.4, 0.5) is 10.5 Å². The molecule has 1 aromatic rings. The zero-order chi connectivity index (χ0) is 10.6. The molecule has 1 amide bonds. The molecule has 0 bridgehead atoms. The summed E-state index contributed by atoms with van der Waals surface area (Å²) in [5.41, 5.74) is 1.18. The van der Waals surface area contributed by atoms with Crippen LogP contribution in [0.15, 0.2) is 18.2 Å². The first-order valence-electron chi connectivity index (χ1n) is 4.37. The molecule has 0 atom stereocenters. The van der Waals surface area contributed by atoms with E-state index < -0.39 is 6.09 Å². The van der Waals surface area contributed by atoms with E-state index in [-0.39, 0.29) is 5.75 Å². The Morgan fingerprint density at radius 1 is 1.57 bits per heavy atom. The van der Waals surface area contributed by atoms with Gasteiger partial charge in [-0.15, -0.1) is 0 Å². The lowest BCUT2D eigenvalue weighted by molar-refractivity contribution is 0.168. The number of rotatable bonds is 2. The van der Waals surface area contributed by atoms with E-state index in [2.05, 4.69) is 5.32 Å². The van der Waals surface area contributed by atoms with Crippen molar-refractivity contribution in [1.29, 1.82) is 0 Å². The molecule has 76 valence electrons. The SMILES string of the molecule is CCOC(=O)Nc1cccc(O)c1C. The van der Waals surface area contributed by atoms with E-state index in [0.29, 0.717) is 17.9 Å². The van der Waals surface area contributed by atoms with Gasteiger partial charge in [0.1, 0.15) is 5.75 Å². The first-order valence-corrected chi connectivity index (χ1v) is 4.37. The quantitative estimate of drug-likeness (QED) is 0.761. The summed E-state index contributed by atoms with van der Waals surface area (Å²) >= 11 is 0. The number of amides is 1. The summed E-state index contributed by atoms with van der Waals surface area (Å²) in [6.45, 7) is 3.77. The number of hydrogen-bond acceptors (Lipinski definition) is 3. The fourth-order valence-corrected chi connectivity index (χ4v) is 1.04. The molecule has 0 saturated carbocycles. The number of phenols is 1. The lowest BCUT2D eigenvalue weighted by atomic mass is 10.2. The first-order chi connectivity index (χ1) is 6.65. The third-order valence-corrected chi connectivity index (χ3v) is 1.82. The van der Waals surface area contributed by atoms with Crippen LogP contribution in [0.5, 0.6) is 5.75 Å². The number of aromatic hydroxyl groups is 1. The molecule has 0 fully saturated rings. The largest absolute Gasteiger partial charge is 0.508 e. The summed E-state index contributed by atoms with van der Waals surface area (Å²) in [5, 5.41) is 11.9. The number of anilines is 1. The van der Waals surface area contributed by atoms with Crippen molar-refractivity contribution in [2.24, 2.45) is 0 Å². The van der Waals surface area contributed by atoms with E-state index in [1.165, 1.54) is 0 Å². The summed E-state index contributed by atoms with van der Waals surface area (Å²) in [4.78, 5) is 11.1. The van der Waals surface area contributed by atoms with Gasteiger partial charge in [0.15, 0.2) is 0 Å². The number of hydrogen-bond donors (Lipinski definition) is 2. The predicted molar refractivity (Wildman–Crippen MR) is 53.5 cm³/mol. The molecule has 4 nitrogen and oxygen atoms in total. The lowest BCUT2D eigenvalue weighted by Crippen LogP contribution is -2.13. The molecule has 0 saturated heterocycles. The van der Waals surface area contributed by atoms with E-state index in [0.717, 1.165) is 0 Å². The van der Waals surface area contributed by atoms with Gasteiger partial charge in [-0.25, -0.2) is 4.79 Å². The zero-order valence-electron chi connectivity index (χ0n) is 8.20. The average molecular weight is 195 g/mol. The minimum atomic E-state index is -0.513. The molecule has 0 aliphatic rings. The average Bonchev–Trinajstić information content (AvgIpc) is 2.13. The molecule has 0 aliphatic heterocycles. The molecule has 14 heavy (non-hydrogen) atoms. The Kier molecular flexibility index (Phi) is 3.34. The molecule has 0 heterocycles. The van der Waals surface area contributed by atoms with Crippen molar-refractivity contribution in [2.45, 2.75) is 13.8 Å². The molecule has 1 rings (SSSR count). The second-order valence-electron chi connectivity index (χ2n) is 2.80. The van der Waals surface area contributed by atoms with Crippen LogP contribution >= 0.6 is 0 Å². The highest BCUT2D eigenvalue weighted by molar-refractivity contribution is 5.86. The number of phenolic OH excluding ortho intramolecular Hbond substituents is 1. The molecule has 0 aliphatic carbocycles. The summed E-state index contributed by atoms with van der Waals surface area (Å²) in [6, 6.07) is 4.92. The molecule has 0 aromatic heterocycles. The van der Waals surface area contributed by atoms with Gasteiger partial charge in [0.05, 0.1) is 12.3 Å². The maximum Gasteiger partial charge on any atom is 0.411 e. The molecular formula is C10H13NO3. The molecule has 4 heteroatoms.